The maximum absolute atomic E-state index is 14.1. The number of amides is 1. The number of hydrogen-bond acceptors (Lipinski definition) is 4. The average molecular weight is 288 g/mol. The van der Waals surface area contributed by atoms with Crippen molar-refractivity contribution in [2.45, 2.75) is 19.9 Å². The zero-order valence-corrected chi connectivity index (χ0v) is 12.2. The molecule has 1 aromatic carbocycles. The summed E-state index contributed by atoms with van der Waals surface area (Å²) in [6.45, 7) is 3.95. The van der Waals surface area contributed by atoms with Crippen LogP contribution in [0.2, 0.25) is 0 Å². The van der Waals surface area contributed by atoms with Crippen LogP contribution >= 0.6 is 0 Å². The molecule has 1 N–H and O–H groups in total. The second-order valence-corrected chi connectivity index (χ2v) is 4.92. The van der Waals surface area contributed by atoms with Crippen molar-refractivity contribution < 1.29 is 9.18 Å². The molecule has 0 saturated heterocycles. The molecule has 0 aliphatic rings. The van der Waals surface area contributed by atoms with Gasteiger partial charge in [0.05, 0.1) is 11.9 Å². The van der Waals surface area contributed by atoms with Gasteiger partial charge in [-0.3, -0.25) is 9.78 Å². The second kappa shape index (κ2) is 6.30. The molecule has 1 heterocycles. The average Bonchev–Trinajstić information content (AvgIpc) is 2.47. The van der Waals surface area contributed by atoms with E-state index in [-0.39, 0.29) is 17.6 Å². The Kier molecular flexibility index (Phi) is 4.47. The molecular formula is C15H17FN4O. The maximum Gasteiger partial charge on any atom is 0.275 e. The minimum atomic E-state index is -0.424. The highest BCUT2D eigenvalue weighted by atomic mass is 19.1. The molecule has 0 spiro atoms. The van der Waals surface area contributed by atoms with Gasteiger partial charge in [0.2, 0.25) is 0 Å². The van der Waals surface area contributed by atoms with Crippen LogP contribution in [0.15, 0.2) is 36.8 Å². The van der Waals surface area contributed by atoms with Gasteiger partial charge in [-0.1, -0.05) is 0 Å². The van der Waals surface area contributed by atoms with Crippen molar-refractivity contribution in [3.63, 3.8) is 0 Å². The fourth-order valence-electron chi connectivity index (χ4n) is 1.76. The molecule has 21 heavy (non-hydrogen) atoms. The summed E-state index contributed by atoms with van der Waals surface area (Å²) in [4.78, 5) is 21.4. The first-order valence-electron chi connectivity index (χ1n) is 6.59. The Balaban J connectivity index is 2.16. The summed E-state index contributed by atoms with van der Waals surface area (Å²) in [5.41, 5.74) is 1.05. The first-order valence-corrected chi connectivity index (χ1v) is 6.59. The fourth-order valence-corrected chi connectivity index (χ4v) is 1.76. The van der Waals surface area contributed by atoms with Gasteiger partial charge in [0.25, 0.3) is 5.91 Å². The van der Waals surface area contributed by atoms with E-state index in [1.54, 1.807) is 12.1 Å². The Bertz CT molecular complexity index is 631. The first-order chi connectivity index (χ1) is 9.99. The molecule has 5 nitrogen and oxygen atoms in total. The van der Waals surface area contributed by atoms with Crippen LogP contribution in [0.25, 0.3) is 0 Å². The van der Waals surface area contributed by atoms with Crippen molar-refractivity contribution in [1.29, 1.82) is 0 Å². The van der Waals surface area contributed by atoms with Crippen LogP contribution in [0.3, 0.4) is 0 Å². The van der Waals surface area contributed by atoms with Gasteiger partial charge in [0.15, 0.2) is 0 Å². The number of nitrogens with one attached hydrogen (secondary N) is 1. The van der Waals surface area contributed by atoms with Gasteiger partial charge in [0, 0.05) is 31.2 Å². The Morgan fingerprint density at radius 2 is 2.10 bits per heavy atom. The Hall–Kier alpha value is -2.50. The molecule has 2 rings (SSSR count). The van der Waals surface area contributed by atoms with Gasteiger partial charge in [-0.15, -0.1) is 0 Å². The summed E-state index contributed by atoms with van der Waals surface area (Å²) in [6.07, 6.45) is 4.26. The summed E-state index contributed by atoms with van der Waals surface area (Å²) in [7, 11) is 1.82. The highest BCUT2D eigenvalue weighted by Crippen LogP contribution is 2.23. The van der Waals surface area contributed by atoms with Crippen LogP contribution in [0, 0.1) is 5.82 Å². The second-order valence-electron chi connectivity index (χ2n) is 4.92. The van der Waals surface area contributed by atoms with E-state index in [2.05, 4.69) is 15.3 Å². The SMILES string of the molecule is CC(C)N(C)c1ccc(NC(=O)c2cnccn2)cc1F. The number of hydrogen-bond donors (Lipinski definition) is 1. The van der Waals surface area contributed by atoms with E-state index >= 15 is 0 Å². The lowest BCUT2D eigenvalue weighted by Crippen LogP contribution is -2.26. The van der Waals surface area contributed by atoms with Crippen molar-refractivity contribution in [3.05, 3.63) is 48.3 Å². The summed E-state index contributed by atoms with van der Waals surface area (Å²) in [5.74, 6) is -0.810. The summed E-state index contributed by atoms with van der Waals surface area (Å²) in [6, 6.07) is 4.77. The van der Waals surface area contributed by atoms with E-state index < -0.39 is 5.91 Å². The molecule has 0 bridgehead atoms. The van der Waals surface area contributed by atoms with Gasteiger partial charge in [-0.2, -0.15) is 0 Å². The molecule has 0 unspecified atom stereocenters. The summed E-state index contributed by atoms with van der Waals surface area (Å²) >= 11 is 0. The largest absolute Gasteiger partial charge is 0.370 e. The lowest BCUT2D eigenvalue weighted by atomic mass is 10.2. The Morgan fingerprint density at radius 3 is 2.67 bits per heavy atom. The molecule has 110 valence electrons. The van der Waals surface area contributed by atoms with E-state index in [0.29, 0.717) is 11.4 Å². The Morgan fingerprint density at radius 1 is 1.33 bits per heavy atom. The number of aromatic nitrogens is 2. The number of carbonyl (C=O) groups is 1. The van der Waals surface area contributed by atoms with Crippen molar-refractivity contribution in [2.24, 2.45) is 0 Å². The van der Waals surface area contributed by atoms with E-state index in [9.17, 15) is 9.18 Å². The molecular weight excluding hydrogens is 271 g/mol. The molecule has 0 saturated carbocycles. The van der Waals surface area contributed by atoms with Crippen LogP contribution in [0.5, 0.6) is 0 Å². The number of nitrogens with zero attached hydrogens (tertiary/aromatic N) is 3. The number of halogens is 1. The van der Waals surface area contributed by atoms with Gasteiger partial charge in [-0.05, 0) is 32.0 Å². The minimum absolute atomic E-state index is 0.180. The monoisotopic (exact) mass is 288 g/mol. The quantitative estimate of drug-likeness (QED) is 0.939. The van der Waals surface area contributed by atoms with Crippen molar-refractivity contribution in [2.75, 3.05) is 17.3 Å². The molecule has 2 aromatic rings. The molecule has 1 amide bonds. The predicted molar refractivity (Wildman–Crippen MR) is 79.9 cm³/mol. The van der Waals surface area contributed by atoms with Crippen LogP contribution < -0.4 is 10.2 Å². The first kappa shape index (κ1) is 14.9. The molecule has 0 fully saturated rings. The lowest BCUT2D eigenvalue weighted by molar-refractivity contribution is 0.102. The topological polar surface area (TPSA) is 58.1 Å². The molecule has 0 atom stereocenters. The third kappa shape index (κ3) is 3.53. The zero-order valence-electron chi connectivity index (χ0n) is 12.2. The summed E-state index contributed by atoms with van der Waals surface area (Å²) in [5, 5.41) is 2.59. The van der Waals surface area contributed by atoms with Gasteiger partial charge in [-0.25, -0.2) is 9.37 Å². The maximum atomic E-state index is 14.1. The van der Waals surface area contributed by atoms with Crippen molar-refractivity contribution in [1.82, 2.24) is 9.97 Å². The van der Waals surface area contributed by atoms with E-state index in [0.717, 1.165) is 0 Å². The minimum Gasteiger partial charge on any atom is -0.370 e. The highest BCUT2D eigenvalue weighted by Gasteiger charge is 2.13. The third-order valence-corrected chi connectivity index (χ3v) is 3.16. The standard InChI is InChI=1S/C15H17FN4O/c1-10(2)20(3)14-5-4-11(8-12(14)16)19-15(21)13-9-17-6-7-18-13/h4-10H,1-3H3,(H,19,21). The van der Waals surface area contributed by atoms with E-state index in [1.165, 1.54) is 24.7 Å². The predicted octanol–water partition coefficient (Wildman–Crippen LogP) is 2.71. The van der Waals surface area contributed by atoms with Crippen LogP contribution in [0.1, 0.15) is 24.3 Å². The third-order valence-electron chi connectivity index (χ3n) is 3.16. The van der Waals surface area contributed by atoms with Gasteiger partial charge >= 0.3 is 0 Å². The summed E-state index contributed by atoms with van der Waals surface area (Å²) < 4.78 is 14.1. The molecule has 0 radical (unpaired) electrons. The van der Waals surface area contributed by atoms with Crippen LogP contribution in [0.4, 0.5) is 15.8 Å². The normalized spacial score (nSPS) is 10.5. The van der Waals surface area contributed by atoms with Gasteiger partial charge < -0.3 is 10.2 Å². The number of rotatable bonds is 4. The van der Waals surface area contributed by atoms with Gasteiger partial charge in [0.1, 0.15) is 11.5 Å². The highest BCUT2D eigenvalue weighted by molar-refractivity contribution is 6.02. The fraction of sp³-hybridized carbons (Fsp3) is 0.267. The molecule has 0 aliphatic heterocycles. The van der Waals surface area contributed by atoms with Crippen LogP contribution in [-0.2, 0) is 0 Å². The molecule has 6 heteroatoms. The Labute approximate surface area is 122 Å². The number of anilines is 2. The number of benzene rings is 1. The van der Waals surface area contributed by atoms with E-state index in [4.69, 9.17) is 0 Å². The van der Waals surface area contributed by atoms with Crippen molar-refractivity contribution >= 4 is 17.3 Å². The van der Waals surface area contributed by atoms with E-state index in [1.807, 2.05) is 25.8 Å². The number of carbonyl (C=O) groups excluding carboxylic acids is 1. The lowest BCUT2D eigenvalue weighted by Gasteiger charge is -2.24. The smallest absolute Gasteiger partial charge is 0.275 e. The molecule has 0 aliphatic carbocycles. The van der Waals surface area contributed by atoms with Crippen LogP contribution in [-0.4, -0.2) is 29.0 Å². The van der Waals surface area contributed by atoms with Crippen molar-refractivity contribution in [3.8, 4) is 0 Å². The molecule has 1 aromatic heterocycles. The zero-order chi connectivity index (χ0) is 15.4.